The maximum Gasteiger partial charge on any atom is 0.231 e. The molecule has 0 unspecified atom stereocenters. The molecule has 0 radical (unpaired) electrons. The molecule has 2 rings (SSSR count). The van der Waals surface area contributed by atoms with Gasteiger partial charge in [0.05, 0.1) is 0 Å². The van der Waals surface area contributed by atoms with E-state index in [4.69, 9.17) is 9.47 Å². The normalized spacial score (nSPS) is 22.7. The van der Waals surface area contributed by atoms with Gasteiger partial charge in [-0.05, 0) is 31.5 Å². The average molecular weight is 278 g/mol. The molecular formula is C9H11IO2. The van der Waals surface area contributed by atoms with E-state index in [1.165, 1.54) is 3.51 Å². The Morgan fingerprint density at radius 3 is 2.92 bits per heavy atom. The van der Waals surface area contributed by atoms with Crippen LogP contribution in [0.3, 0.4) is 0 Å². The molecule has 0 amide bonds. The van der Waals surface area contributed by atoms with Crippen LogP contribution >= 0.6 is 18.9 Å². The maximum atomic E-state index is 5.31. The summed E-state index contributed by atoms with van der Waals surface area (Å²) in [5, 5.41) is 0. The zero-order valence-electron chi connectivity index (χ0n) is 7.13. The lowest BCUT2D eigenvalue weighted by molar-refractivity contribution is 0.0979. The van der Waals surface area contributed by atoms with Gasteiger partial charge in [0, 0.05) is 0 Å². The van der Waals surface area contributed by atoms with Gasteiger partial charge in [-0.15, -0.1) is 18.9 Å². The van der Waals surface area contributed by atoms with Gasteiger partial charge in [0.15, 0.2) is 11.5 Å². The minimum Gasteiger partial charge on any atom is -0.454 e. The van der Waals surface area contributed by atoms with Crippen molar-refractivity contribution in [3.8, 4) is 0 Å². The largest absolute Gasteiger partial charge is 0.454 e. The highest BCUT2D eigenvalue weighted by atomic mass is 127. The quantitative estimate of drug-likeness (QED) is 0.498. The summed E-state index contributed by atoms with van der Waals surface area (Å²) in [6.45, 7) is 2.55. The first-order valence-corrected chi connectivity index (χ1v) is 8.20. The highest BCUT2D eigenvalue weighted by molar-refractivity contribution is 14.2. The van der Waals surface area contributed by atoms with E-state index in [9.17, 15) is 0 Å². The summed E-state index contributed by atoms with van der Waals surface area (Å²) in [5.74, 6) is 1.81. The third-order valence-electron chi connectivity index (χ3n) is 1.88. The molecule has 0 aromatic carbocycles. The molecule has 0 bridgehead atoms. The van der Waals surface area contributed by atoms with E-state index >= 15 is 0 Å². The second-order valence-corrected chi connectivity index (χ2v) is 8.04. The molecular weight excluding hydrogens is 267 g/mol. The molecule has 0 aliphatic carbocycles. The van der Waals surface area contributed by atoms with Crippen molar-refractivity contribution in [3.63, 3.8) is 0 Å². The molecule has 0 spiro atoms. The van der Waals surface area contributed by atoms with Gasteiger partial charge in [-0.3, -0.25) is 0 Å². The Bertz CT molecular complexity index is 355. The molecule has 2 aliphatic heterocycles. The van der Waals surface area contributed by atoms with Crippen molar-refractivity contribution in [1.29, 1.82) is 0 Å². The summed E-state index contributed by atoms with van der Waals surface area (Å²) in [6, 6.07) is 0. The zero-order chi connectivity index (χ0) is 8.55. The monoisotopic (exact) mass is 278 g/mol. The third kappa shape index (κ3) is 1.37. The summed E-state index contributed by atoms with van der Waals surface area (Å²) in [7, 11) is 0. The molecule has 0 aromatic heterocycles. The summed E-state index contributed by atoms with van der Waals surface area (Å²) in [4.78, 5) is 2.31. The number of hydrogen-bond donors (Lipinski definition) is 0. The van der Waals surface area contributed by atoms with E-state index < -0.39 is 18.9 Å². The van der Waals surface area contributed by atoms with Crippen LogP contribution in [0.2, 0.25) is 0 Å². The van der Waals surface area contributed by atoms with Crippen LogP contribution in [0, 0.1) is 0 Å². The number of ether oxygens (including phenoxy) is 2. The van der Waals surface area contributed by atoms with Gasteiger partial charge in [0.1, 0.15) is 0 Å². The van der Waals surface area contributed by atoms with Crippen LogP contribution in [0.15, 0.2) is 23.7 Å². The molecule has 0 atom stereocenters. The topological polar surface area (TPSA) is 18.5 Å². The van der Waals surface area contributed by atoms with Crippen LogP contribution < -0.4 is 0 Å². The predicted octanol–water partition coefficient (Wildman–Crippen LogP) is 1.90. The Morgan fingerprint density at radius 1 is 1.33 bits per heavy atom. The van der Waals surface area contributed by atoms with E-state index in [-0.39, 0.29) is 0 Å². The van der Waals surface area contributed by atoms with Gasteiger partial charge in [0.25, 0.3) is 0 Å². The molecule has 0 saturated carbocycles. The molecule has 12 heavy (non-hydrogen) atoms. The van der Waals surface area contributed by atoms with Crippen LogP contribution in [-0.4, -0.2) is 19.2 Å². The van der Waals surface area contributed by atoms with Gasteiger partial charge in [-0.25, -0.2) is 0 Å². The van der Waals surface area contributed by atoms with Crippen molar-refractivity contribution < 1.29 is 9.47 Å². The molecule has 2 nitrogen and oxygen atoms in total. The van der Waals surface area contributed by atoms with Gasteiger partial charge >= 0.3 is 0 Å². The molecule has 3 heteroatoms. The molecule has 2 heterocycles. The van der Waals surface area contributed by atoms with Crippen molar-refractivity contribution in [3.05, 3.63) is 23.7 Å². The van der Waals surface area contributed by atoms with Gasteiger partial charge in [0.2, 0.25) is 6.79 Å². The average Bonchev–Trinajstić information content (AvgIpc) is 2.43. The van der Waals surface area contributed by atoms with Gasteiger partial charge in [-0.2, -0.15) is 0 Å². The van der Waals surface area contributed by atoms with Crippen LogP contribution in [0.4, 0.5) is 0 Å². The van der Waals surface area contributed by atoms with E-state index in [0.717, 1.165) is 11.5 Å². The molecule has 0 N–H and O–H groups in total. The number of alkyl halides is 1. The lowest BCUT2D eigenvalue weighted by atomic mass is 10.3. The summed E-state index contributed by atoms with van der Waals surface area (Å²) in [6.07, 6.45) is 4.17. The highest BCUT2D eigenvalue weighted by Crippen LogP contribution is 2.24. The summed E-state index contributed by atoms with van der Waals surface area (Å²) >= 11 is -0.977. The van der Waals surface area contributed by atoms with Crippen LogP contribution in [-0.2, 0) is 9.47 Å². The van der Waals surface area contributed by atoms with Crippen molar-refractivity contribution in [2.75, 3.05) is 11.7 Å². The highest BCUT2D eigenvalue weighted by Gasteiger charge is 2.16. The SMILES string of the molecule is CC1=I(C)=CC=C2OCOC2=C1. The molecule has 1 fully saturated rings. The number of halogens is 1. The molecule has 0 aromatic rings. The van der Waals surface area contributed by atoms with Gasteiger partial charge in [-0.1, -0.05) is 0 Å². The first-order valence-electron chi connectivity index (χ1n) is 3.72. The van der Waals surface area contributed by atoms with Crippen molar-refractivity contribution in [2.24, 2.45) is 0 Å². The Balaban J connectivity index is 2.51. The van der Waals surface area contributed by atoms with Crippen LogP contribution in [0.25, 0.3) is 0 Å². The zero-order valence-corrected chi connectivity index (χ0v) is 9.29. The van der Waals surface area contributed by atoms with E-state index in [2.05, 4.69) is 28.0 Å². The van der Waals surface area contributed by atoms with E-state index in [1.54, 1.807) is 0 Å². The number of allylic oxidation sites excluding steroid dienone is 2. The smallest absolute Gasteiger partial charge is 0.231 e. The standard InChI is InChI=1S/C9H11IO2/c1-7-5-9-8(11-6-12-9)3-4-10(7)2/h3-5H,6H2,1-2H3. The number of rotatable bonds is 0. The lowest BCUT2D eigenvalue weighted by Crippen LogP contribution is -1.86. The van der Waals surface area contributed by atoms with Crippen LogP contribution in [0.1, 0.15) is 6.92 Å². The molecule has 1 saturated heterocycles. The minimum absolute atomic E-state index is 0.372. The van der Waals surface area contributed by atoms with Gasteiger partial charge < -0.3 is 9.47 Å². The van der Waals surface area contributed by atoms with E-state index in [0.29, 0.717) is 6.79 Å². The second-order valence-electron chi connectivity index (χ2n) is 2.68. The maximum absolute atomic E-state index is 5.31. The Hall–Kier alpha value is -0.450. The predicted molar refractivity (Wildman–Crippen MR) is 59.9 cm³/mol. The molecule has 66 valence electrons. The fraction of sp³-hybridized carbons (Fsp3) is 0.333. The first kappa shape index (κ1) is 8.16. The lowest BCUT2D eigenvalue weighted by Gasteiger charge is -1.93. The Morgan fingerprint density at radius 2 is 2.08 bits per heavy atom. The fourth-order valence-electron chi connectivity index (χ4n) is 1.06. The van der Waals surface area contributed by atoms with Crippen molar-refractivity contribution in [2.45, 2.75) is 6.92 Å². The van der Waals surface area contributed by atoms with Crippen molar-refractivity contribution in [1.82, 2.24) is 0 Å². The first-order chi connectivity index (χ1) is 5.77. The van der Waals surface area contributed by atoms with Crippen molar-refractivity contribution >= 4 is 26.4 Å². The van der Waals surface area contributed by atoms with E-state index in [1.807, 2.05) is 0 Å². The summed E-state index contributed by atoms with van der Waals surface area (Å²) in [5.41, 5.74) is 0. The van der Waals surface area contributed by atoms with Crippen LogP contribution in [0.5, 0.6) is 0 Å². The number of fused-ring (bicyclic) bond motifs is 1. The Kier molecular flexibility index (Phi) is 2.12. The summed E-state index contributed by atoms with van der Waals surface area (Å²) < 4.78 is 14.3. The second kappa shape index (κ2) is 3.12. The minimum atomic E-state index is -0.977. The molecule has 2 aliphatic rings. The number of hydrogen-bond acceptors (Lipinski definition) is 2. The third-order valence-corrected chi connectivity index (χ3v) is 6.31. The fourth-order valence-corrected chi connectivity index (χ4v) is 3.27. The Labute approximate surface area is 78.2 Å².